The van der Waals surface area contributed by atoms with E-state index in [0.29, 0.717) is 46.9 Å². The summed E-state index contributed by atoms with van der Waals surface area (Å²) in [5.41, 5.74) is 2.63. The molecular weight excluding hydrogens is 539 g/mol. The number of likely N-dealkylation sites (N-methyl/N-ethyl adjacent to an activating group) is 1. The lowest BCUT2D eigenvalue weighted by molar-refractivity contribution is -0.137. The number of hydrogen-bond donors (Lipinski definition) is 2. The van der Waals surface area contributed by atoms with Gasteiger partial charge in [-0.1, -0.05) is 23.2 Å². The van der Waals surface area contributed by atoms with Crippen molar-refractivity contribution in [3.8, 4) is 17.0 Å². The number of H-pyrrole nitrogens is 1. The number of aromatic nitrogens is 5. The highest BCUT2D eigenvalue weighted by Crippen LogP contribution is 2.35. The monoisotopic (exact) mass is 566 g/mol. The van der Waals surface area contributed by atoms with Crippen molar-refractivity contribution < 1.29 is 9.53 Å². The third-order valence-corrected chi connectivity index (χ3v) is 8.42. The van der Waals surface area contributed by atoms with E-state index in [2.05, 4.69) is 40.3 Å². The molecule has 10 nitrogen and oxygen atoms in total. The highest BCUT2D eigenvalue weighted by Gasteiger charge is 2.46. The minimum Gasteiger partial charge on any atom is -0.486 e. The van der Waals surface area contributed by atoms with E-state index in [1.54, 1.807) is 24.8 Å². The Kier molecular flexibility index (Phi) is 6.78. The van der Waals surface area contributed by atoms with E-state index in [9.17, 15) is 4.79 Å². The highest BCUT2D eigenvalue weighted by atomic mass is 35.5. The van der Waals surface area contributed by atoms with Gasteiger partial charge in [-0.2, -0.15) is 5.10 Å². The number of benzene rings is 1. The number of pyridine rings is 1. The van der Waals surface area contributed by atoms with Crippen molar-refractivity contribution in [2.75, 3.05) is 38.1 Å². The lowest BCUT2D eigenvalue weighted by atomic mass is 9.83. The summed E-state index contributed by atoms with van der Waals surface area (Å²) in [5, 5.41) is 12.4. The van der Waals surface area contributed by atoms with Crippen LogP contribution < -0.4 is 15.0 Å². The molecule has 0 unspecified atom stereocenters. The zero-order chi connectivity index (χ0) is 27.1. The van der Waals surface area contributed by atoms with Crippen LogP contribution >= 0.6 is 23.2 Å². The lowest BCUT2D eigenvalue weighted by Gasteiger charge is -2.48. The van der Waals surface area contributed by atoms with Gasteiger partial charge in [0, 0.05) is 67.5 Å². The molecular formula is C27H28Cl2N8O2. The maximum absolute atomic E-state index is 12.7. The van der Waals surface area contributed by atoms with Crippen molar-refractivity contribution in [1.82, 2.24) is 35.4 Å². The Bertz CT molecular complexity index is 1500. The van der Waals surface area contributed by atoms with Gasteiger partial charge in [-0.3, -0.25) is 19.8 Å². The van der Waals surface area contributed by atoms with Crippen LogP contribution in [0.1, 0.15) is 31.4 Å². The molecule has 0 aliphatic carbocycles. The molecule has 4 aromatic rings. The molecule has 5 heterocycles. The smallest absolute Gasteiger partial charge is 0.240 e. The molecule has 12 heteroatoms. The quantitative estimate of drug-likeness (QED) is 0.368. The van der Waals surface area contributed by atoms with Crippen molar-refractivity contribution in [3.63, 3.8) is 0 Å². The zero-order valence-electron chi connectivity index (χ0n) is 21.6. The van der Waals surface area contributed by atoms with Gasteiger partial charge in [0.05, 0.1) is 15.6 Å². The lowest BCUT2D eigenvalue weighted by Crippen LogP contribution is -2.67. The van der Waals surface area contributed by atoms with Crippen LogP contribution in [-0.2, 0) is 4.79 Å². The second-order valence-corrected chi connectivity index (χ2v) is 10.8. The molecule has 1 spiro atoms. The van der Waals surface area contributed by atoms with Crippen molar-refractivity contribution >= 4 is 46.0 Å². The molecule has 2 fully saturated rings. The van der Waals surface area contributed by atoms with Gasteiger partial charge >= 0.3 is 0 Å². The number of ether oxygens (including phenoxy) is 1. The van der Waals surface area contributed by atoms with Crippen LogP contribution in [-0.4, -0.2) is 74.7 Å². The molecule has 6 rings (SSSR count). The molecule has 0 radical (unpaired) electrons. The van der Waals surface area contributed by atoms with Crippen LogP contribution in [0.2, 0.25) is 10.0 Å². The molecule has 0 bridgehead atoms. The highest BCUT2D eigenvalue weighted by molar-refractivity contribution is 6.35. The maximum atomic E-state index is 12.7. The van der Waals surface area contributed by atoms with E-state index in [0.717, 1.165) is 41.5 Å². The number of fused-ring (bicyclic) bond motifs is 1. The largest absolute Gasteiger partial charge is 0.486 e. The molecule has 202 valence electrons. The van der Waals surface area contributed by atoms with Crippen molar-refractivity contribution in [2.24, 2.45) is 0 Å². The van der Waals surface area contributed by atoms with E-state index in [4.69, 9.17) is 27.9 Å². The topological polar surface area (TPSA) is 112 Å². The molecule has 39 heavy (non-hydrogen) atoms. The van der Waals surface area contributed by atoms with Gasteiger partial charge in [-0.25, -0.2) is 9.97 Å². The van der Waals surface area contributed by atoms with Crippen molar-refractivity contribution in [2.45, 2.75) is 31.4 Å². The first-order chi connectivity index (χ1) is 18.9. The average molecular weight is 567 g/mol. The summed E-state index contributed by atoms with van der Waals surface area (Å²) >= 11 is 12.6. The molecule has 2 aliphatic heterocycles. The Morgan fingerprint density at radius 2 is 1.77 bits per heavy atom. The van der Waals surface area contributed by atoms with Crippen LogP contribution in [0.15, 0.2) is 43.0 Å². The summed E-state index contributed by atoms with van der Waals surface area (Å²) in [4.78, 5) is 30.3. The minimum absolute atomic E-state index is 0.127. The normalized spacial score (nSPS) is 18.4. The van der Waals surface area contributed by atoms with E-state index in [1.165, 1.54) is 0 Å². The third kappa shape index (κ3) is 4.66. The first-order valence-corrected chi connectivity index (χ1v) is 13.6. The van der Waals surface area contributed by atoms with Gasteiger partial charge in [0.2, 0.25) is 11.9 Å². The van der Waals surface area contributed by atoms with Crippen molar-refractivity contribution in [1.29, 1.82) is 0 Å². The van der Waals surface area contributed by atoms with E-state index < -0.39 is 5.54 Å². The number of rotatable bonds is 5. The molecule has 2 saturated heterocycles. The summed E-state index contributed by atoms with van der Waals surface area (Å²) in [7, 11) is 2.04. The van der Waals surface area contributed by atoms with Crippen LogP contribution in [0, 0.1) is 0 Å². The van der Waals surface area contributed by atoms with Gasteiger partial charge in [0.15, 0.2) is 0 Å². The van der Waals surface area contributed by atoms with Crippen LogP contribution in [0.25, 0.3) is 22.2 Å². The number of halogens is 2. The second-order valence-electron chi connectivity index (χ2n) is 10.0. The van der Waals surface area contributed by atoms with Crippen LogP contribution in [0.3, 0.4) is 0 Å². The predicted molar refractivity (Wildman–Crippen MR) is 150 cm³/mol. The summed E-state index contributed by atoms with van der Waals surface area (Å²) in [6.45, 7) is 4.89. The average Bonchev–Trinajstić information content (AvgIpc) is 3.35. The van der Waals surface area contributed by atoms with Gasteiger partial charge in [0.25, 0.3) is 0 Å². The zero-order valence-corrected chi connectivity index (χ0v) is 23.1. The van der Waals surface area contributed by atoms with Crippen LogP contribution in [0.5, 0.6) is 5.75 Å². The minimum atomic E-state index is -0.437. The van der Waals surface area contributed by atoms with E-state index >= 15 is 0 Å². The molecule has 3 aromatic heterocycles. The number of nitrogens with one attached hydrogen (secondary N) is 2. The van der Waals surface area contributed by atoms with Gasteiger partial charge < -0.3 is 15.0 Å². The van der Waals surface area contributed by atoms with E-state index in [-0.39, 0.29) is 12.0 Å². The number of piperidine rings is 1. The predicted octanol–water partition coefficient (Wildman–Crippen LogP) is 4.26. The third-order valence-electron chi connectivity index (χ3n) is 7.82. The maximum Gasteiger partial charge on any atom is 0.240 e. The Morgan fingerprint density at radius 3 is 2.46 bits per heavy atom. The molecule has 0 saturated carbocycles. The fraction of sp³-hybridized carbons (Fsp3) is 0.370. The number of amides is 1. The fourth-order valence-electron chi connectivity index (χ4n) is 5.54. The molecule has 2 aliphatic rings. The second kappa shape index (κ2) is 10.3. The first kappa shape index (κ1) is 25.8. The number of carbonyl (C=O) groups is 1. The van der Waals surface area contributed by atoms with Gasteiger partial charge in [-0.05, 0) is 45.0 Å². The van der Waals surface area contributed by atoms with Crippen molar-refractivity contribution in [3.05, 3.63) is 58.6 Å². The Hall–Kier alpha value is -3.47. The Morgan fingerprint density at radius 1 is 1.05 bits per heavy atom. The summed E-state index contributed by atoms with van der Waals surface area (Å²) in [6, 6.07) is 5.72. The standard InChI is InChI=1S/C27H28Cl2N8O2/c1-16(23-20(28)14-30-15-21(23)29)39-18-3-4-22-19(11-18)24(35-34-22)17-12-32-26(33-13-17)37-8-5-27(6-9-37)25(38)31-7-10-36(27)2/h3-4,11-16H,5-10H2,1-2H3,(H,31,38)(H,34,35)/t16-/m1/s1. The van der Waals surface area contributed by atoms with Gasteiger partial charge in [-0.15, -0.1) is 0 Å². The Labute approximate surface area is 235 Å². The number of aromatic amines is 1. The first-order valence-electron chi connectivity index (χ1n) is 12.9. The van der Waals surface area contributed by atoms with Gasteiger partial charge in [0.1, 0.15) is 23.1 Å². The number of piperazine rings is 1. The van der Waals surface area contributed by atoms with Crippen LogP contribution in [0.4, 0.5) is 5.95 Å². The number of hydrogen-bond acceptors (Lipinski definition) is 8. The fourth-order valence-corrected chi connectivity index (χ4v) is 6.21. The number of nitrogens with zero attached hydrogens (tertiary/aromatic N) is 6. The number of carbonyl (C=O) groups excluding carboxylic acids is 1. The molecule has 1 atom stereocenters. The number of anilines is 1. The molecule has 1 amide bonds. The summed E-state index contributed by atoms with van der Waals surface area (Å²) in [6.07, 6.45) is 7.77. The summed E-state index contributed by atoms with van der Waals surface area (Å²) in [5.74, 6) is 1.43. The molecule has 2 N–H and O–H groups in total. The Balaban J connectivity index is 1.19. The summed E-state index contributed by atoms with van der Waals surface area (Å²) < 4.78 is 6.18. The SMILES string of the molecule is C[C@@H](Oc1ccc2[nH]nc(-c3cnc(N4CCC5(CC4)C(=O)NCCN5C)nc3)c2c1)c1c(Cl)cncc1Cl. The van der Waals surface area contributed by atoms with E-state index in [1.807, 2.05) is 32.2 Å². The molecule has 1 aromatic carbocycles.